The van der Waals surface area contributed by atoms with E-state index in [9.17, 15) is 21.2 Å². The van der Waals surface area contributed by atoms with Gasteiger partial charge in [0.2, 0.25) is 0 Å². The van der Waals surface area contributed by atoms with Gasteiger partial charge in [0.25, 0.3) is 10.0 Å². The summed E-state index contributed by atoms with van der Waals surface area (Å²) in [6.45, 7) is 0.132. The van der Waals surface area contributed by atoms with Gasteiger partial charge in [0, 0.05) is 30.3 Å². The Labute approximate surface area is 211 Å². The molecule has 184 valence electrons. The van der Waals surface area contributed by atoms with Crippen LogP contribution in [0.1, 0.15) is 5.56 Å². The number of fused-ring (bicyclic) bond motifs is 1. The minimum absolute atomic E-state index is 0.130. The number of aromatic amines is 1. The van der Waals surface area contributed by atoms with Crippen molar-refractivity contribution < 1.29 is 26.0 Å². The standard InChI is InChI=1S/C23H19Cl2FN2O5S2/c1-34(29,30)16-4-2-3-14(11-16)9-10-33-15-5-8-21(19(26)12-15)35(31,32)28-20-7-6-17(24)22-18(25)13-27-23(20)22/h2-8,11-13,27-28H,9-10H2,1H3. The zero-order valence-electron chi connectivity index (χ0n) is 18.2. The van der Waals surface area contributed by atoms with Gasteiger partial charge < -0.3 is 9.72 Å². The zero-order chi connectivity index (χ0) is 25.4. The van der Waals surface area contributed by atoms with E-state index in [1.807, 2.05) is 0 Å². The molecule has 1 heterocycles. The van der Waals surface area contributed by atoms with Crippen molar-refractivity contribution in [3.63, 3.8) is 0 Å². The van der Waals surface area contributed by atoms with E-state index in [-0.39, 0.29) is 22.9 Å². The van der Waals surface area contributed by atoms with Crippen LogP contribution in [0.25, 0.3) is 10.9 Å². The second-order valence-corrected chi connectivity index (χ2v) is 12.2. The minimum Gasteiger partial charge on any atom is -0.493 e. The molecule has 0 saturated carbocycles. The van der Waals surface area contributed by atoms with Gasteiger partial charge in [0.1, 0.15) is 16.5 Å². The first-order chi connectivity index (χ1) is 16.5. The fourth-order valence-corrected chi connectivity index (χ4v) is 5.84. The van der Waals surface area contributed by atoms with E-state index in [1.54, 1.807) is 18.2 Å². The maximum atomic E-state index is 14.7. The number of rotatable bonds is 8. The highest BCUT2D eigenvalue weighted by molar-refractivity contribution is 7.92. The van der Waals surface area contributed by atoms with Crippen LogP contribution >= 0.6 is 23.2 Å². The second kappa shape index (κ2) is 9.69. The highest BCUT2D eigenvalue weighted by atomic mass is 35.5. The van der Waals surface area contributed by atoms with Crippen molar-refractivity contribution in [1.82, 2.24) is 4.98 Å². The van der Waals surface area contributed by atoms with Gasteiger partial charge in [-0.05, 0) is 42.0 Å². The monoisotopic (exact) mass is 556 g/mol. The summed E-state index contributed by atoms with van der Waals surface area (Å²) in [5.74, 6) is -0.866. The van der Waals surface area contributed by atoms with Crippen LogP contribution in [0.15, 0.2) is 70.6 Å². The van der Waals surface area contributed by atoms with Crippen LogP contribution < -0.4 is 9.46 Å². The molecule has 0 amide bonds. The van der Waals surface area contributed by atoms with E-state index in [0.717, 1.165) is 24.0 Å². The SMILES string of the molecule is CS(=O)(=O)c1cccc(CCOc2ccc(S(=O)(=O)Nc3ccc(Cl)c4c(Cl)c[nH]c34)c(F)c2)c1. The molecule has 0 radical (unpaired) electrons. The van der Waals surface area contributed by atoms with Gasteiger partial charge in [-0.25, -0.2) is 21.2 Å². The number of hydrogen-bond donors (Lipinski definition) is 2. The van der Waals surface area contributed by atoms with E-state index in [1.165, 1.54) is 30.5 Å². The Morgan fingerprint density at radius 1 is 1.00 bits per heavy atom. The lowest BCUT2D eigenvalue weighted by atomic mass is 10.2. The number of benzene rings is 3. The Morgan fingerprint density at radius 2 is 1.77 bits per heavy atom. The zero-order valence-corrected chi connectivity index (χ0v) is 21.3. The summed E-state index contributed by atoms with van der Waals surface area (Å²) in [6, 6.07) is 12.8. The third kappa shape index (κ3) is 5.56. The Hall–Kier alpha value is -2.79. The smallest absolute Gasteiger partial charge is 0.264 e. The van der Waals surface area contributed by atoms with Gasteiger partial charge in [-0.3, -0.25) is 4.72 Å². The van der Waals surface area contributed by atoms with E-state index in [0.29, 0.717) is 27.4 Å². The molecule has 35 heavy (non-hydrogen) atoms. The molecule has 4 aromatic rings. The van der Waals surface area contributed by atoms with E-state index < -0.39 is 30.6 Å². The van der Waals surface area contributed by atoms with Gasteiger partial charge in [0.15, 0.2) is 9.84 Å². The molecule has 12 heteroatoms. The molecular weight excluding hydrogens is 538 g/mol. The van der Waals surface area contributed by atoms with Crippen molar-refractivity contribution in [1.29, 1.82) is 0 Å². The molecule has 0 fully saturated rings. The van der Waals surface area contributed by atoms with Crippen LogP contribution in [-0.2, 0) is 26.3 Å². The van der Waals surface area contributed by atoms with Crippen molar-refractivity contribution >= 4 is 59.7 Å². The molecule has 2 N–H and O–H groups in total. The average Bonchev–Trinajstić information content (AvgIpc) is 3.18. The minimum atomic E-state index is -4.28. The van der Waals surface area contributed by atoms with Crippen molar-refractivity contribution in [2.75, 3.05) is 17.6 Å². The van der Waals surface area contributed by atoms with Crippen molar-refractivity contribution in [3.05, 3.63) is 82.2 Å². The second-order valence-electron chi connectivity index (χ2n) is 7.70. The van der Waals surface area contributed by atoms with Gasteiger partial charge in [0.05, 0.1) is 32.8 Å². The highest BCUT2D eigenvalue weighted by Gasteiger charge is 2.22. The number of sulfone groups is 1. The first-order valence-corrected chi connectivity index (χ1v) is 14.3. The topological polar surface area (TPSA) is 105 Å². The lowest BCUT2D eigenvalue weighted by Gasteiger charge is -2.12. The van der Waals surface area contributed by atoms with Crippen LogP contribution in [-0.4, -0.2) is 34.7 Å². The van der Waals surface area contributed by atoms with Gasteiger partial charge >= 0.3 is 0 Å². The number of hydrogen-bond acceptors (Lipinski definition) is 5. The molecule has 0 saturated heterocycles. The summed E-state index contributed by atoms with van der Waals surface area (Å²) >= 11 is 12.2. The molecule has 1 aromatic heterocycles. The van der Waals surface area contributed by atoms with Crippen LogP contribution in [0.3, 0.4) is 0 Å². The molecule has 0 aliphatic carbocycles. The third-order valence-electron chi connectivity index (χ3n) is 5.16. The molecule has 7 nitrogen and oxygen atoms in total. The molecular formula is C23H19Cl2FN2O5S2. The number of H-pyrrole nitrogens is 1. The van der Waals surface area contributed by atoms with E-state index in [4.69, 9.17) is 27.9 Å². The quantitative estimate of drug-likeness (QED) is 0.300. The predicted molar refractivity (Wildman–Crippen MR) is 134 cm³/mol. The Kier molecular flexibility index (Phi) is 7.01. The number of halogens is 3. The van der Waals surface area contributed by atoms with Crippen molar-refractivity contribution in [2.24, 2.45) is 0 Å². The van der Waals surface area contributed by atoms with Gasteiger partial charge in [-0.2, -0.15) is 0 Å². The maximum absolute atomic E-state index is 14.7. The summed E-state index contributed by atoms with van der Waals surface area (Å²) in [7, 11) is -7.61. The largest absolute Gasteiger partial charge is 0.493 e. The molecule has 0 spiro atoms. The van der Waals surface area contributed by atoms with Crippen LogP contribution in [0.5, 0.6) is 5.75 Å². The van der Waals surface area contributed by atoms with E-state index >= 15 is 0 Å². The van der Waals surface area contributed by atoms with Crippen molar-refractivity contribution in [2.45, 2.75) is 16.2 Å². The van der Waals surface area contributed by atoms with Gasteiger partial charge in [-0.15, -0.1) is 0 Å². The van der Waals surface area contributed by atoms with Crippen LogP contribution in [0.2, 0.25) is 10.0 Å². The fraction of sp³-hybridized carbons (Fsp3) is 0.130. The fourth-order valence-electron chi connectivity index (χ4n) is 3.46. The first-order valence-electron chi connectivity index (χ1n) is 10.1. The predicted octanol–water partition coefficient (Wildman–Crippen LogP) is 5.44. The number of anilines is 1. The third-order valence-corrected chi connectivity index (χ3v) is 8.28. The number of ether oxygens (including phenoxy) is 1. The Balaban J connectivity index is 1.48. The summed E-state index contributed by atoms with van der Waals surface area (Å²) in [5.41, 5.74) is 1.26. The summed E-state index contributed by atoms with van der Waals surface area (Å²) in [6.07, 6.45) is 2.97. The van der Waals surface area contributed by atoms with E-state index in [2.05, 4.69) is 9.71 Å². The Bertz CT molecular complexity index is 1640. The first kappa shape index (κ1) is 25.3. The molecule has 3 aromatic carbocycles. The lowest BCUT2D eigenvalue weighted by Crippen LogP contribution is -2.15. The molecule has 0 aliphatic rings. The van der Waals surface area contributed by atoms with Gasteiger partial charge in [-0.1, -0.05) is 35.3 Å². The van der Waals surface area contributed by atoms with Crippen LogP contribution in [0, 0.1) is 5.82 Å². The maximum Gasteiger partial charge on any atom is 0.264 e. The molecule has 0 unspecified atom stereocenters. The molecule has 4 rings (SSSR count). The molecule has 0 aliphatic heterocycles. The summed E-state index contributed by atoms with van der Waals surface area (Å²) in [5, 5.41) is 1.10. The number of aromatic nitrogens is 1. The molecule has 0 bridgehead atoms. The Morgan fingerprint density at radius 3 is 2.49 bits per heavy atom. The lowest BCUT2D eigenvalue weighted by molar-refractivity contribution is 0.319. The highest BCUT2D eigenvalue weighted by Crippen LogP contribution is 2.35. The molecule has 0 atom stereocenters. The van der Waals surface area contributed by atoms with Crippen molar-refractivity contribution in [3.8, 4) is 5.75 Å². The average molecular weight is 557 g/mol. The number of nitrogens with one attached hydrogen (secondary N) is 2. The summed E-state index contributed by atoms with van der Waals surface area (Å²) in [4.78, 5) is 2.49. The normalized spacial score (nSPS) is 12.1. The van der Waals surface area contributed by atoms with Crippen LogP contribution in [0.4, 0.5) is 10.1 Å². The number of sulfonamides is 1. The summed E-state index contributed by atoms with van der Waals surface area (Å²) < 4.78 is 71.7.